The summed E-state index contributed by atoms with van der Waals surface area (Å²) < 4.78 is 0. The van der Waals surface area contributed by atoms with Gasteiger partial charge in [-0.05, 0) is 23.7 Å². The van der Waals surface area contributed by atoms with E-state index in [4.69, 9.17) is 0 Å². The van der Waals surface area contributed by atoms with Gasteiger partial charge in [0.2, 0.25) is 0 Å². The maximum atomic E-state index is 10.1. The van der Waals surface area contributed by atoms with Gasteiger partial charge in [-0.2, -0.15) is 0 Å². The van der Waals surface area contributed by atoms with Gasteiger partial charge in [0.1, 0.15) is 0 Å². The SMILES string of the molecule is CCCCN1C=CC=C/C1=C\N=O. The summed E-state index contributed by atoms with van der Waals surface area (Å²) in [5.74, 6) is 0. The Morgan fingerprint density at radius 1 is 1.54 bits per heavy atom. The van der Waals surface area contributed by atoms with E-state index < -0.39 is 0 Å². The second-order valence-corrected chi connectivity index (χ2v) is 2.91. The monoisotopic (exact) mass is 178 g/mol. The zero-order chi connectivity index (χ0) is 9.52. The molecule has 0 spiro atoms. The molecule has 0 aromatic rings. The molecule has 0 amide bonds. The highest BCUT2D eigenvalue weighted by Gasteiger charge is 2.05. The van der Waals surface area contributed by atoms with Crippen LogP contribution in [-0.4, -0.2) is 11.4 Å². The molecule has 3 heteroatoms. The van der Waals surface area contributed by atoms with Crippen LogP contribution in [0.15, 0.2) is 41.5 Å². The molecule has 0 saturated carbocycles. The first-order chi connectivity index (χ1) is 6.38. The number of hydrogen-bond acceptors (Lipinski definition) is 3. The van der Waals surface area contributed by atoms with E-state index in [1.54, 1.807) is 0 Å². The van der Waals surface area contributed by atoms with E-state index >= 15 is 0 Å². The number of hydrogen-bond donors (Lipinski definition) is 0. The molecule has 70 valence electrons. The van der Waals surface area contributed by atoms with Gasteiger partial charge < -0.3 is 4.90 Å². The lowest BCUT2D eigenvalue weighted by molar-refractivity contribution is 0.457. The average molecular weight is 178 g/mol. The van der Waals surface area contributed by atoms with E-state index in [1.807, 2.05) is 29.3 Å². The van der Waals surface area contributed by atoms with E-state index in [0.717, 1.165) is 25.1 Å². The fourth-order valence-electron chi connectivity index (χ4n) is 1.19. The zero-order valence-electron chi connectivity index (χ0n) is 7.81. The summed E-state index contributed by atoms with van der Waals surface area (Å²) in [7, 11) is 0. The average Bonchev–Trinajstić information content (AvgIpc) is 2.17. The Balaban J connectivity index is 2.59. The fraction of sp³-hybridized carbons (Fsp3) is 0.400. The Kier molecular flexibility index (Phi) is 3.96. The Bertz CT molecular complexity index is 254. The molecule has 1 aliphatic heterocycles. The van der Waals surface area contributed by atoms with Crippen LogP contribution < -0.4 is 0 Å². The third-order valence-electron chi connectivity index (χ3n) is 1.91. The fourth-order valence-corrected chi connectivity index (χ4v) is 1.19. The maximum absolute atomic E-state index is 10.1. The third kappa shape index (κ3) is 2.86. The predicted molar refractivity (Wildman–Crippen MR) is 53.8 cm³/mol. The van der Waals surface area contributed by atoms with E-state index in [2.05, 4.69) is 12.1 Å². The molecule has 1 heterocycles. The maximum Gasteiger partial charge on any atom is 0.0951 e. The first-order valence-electron chi connectivity index (χ1n) is 4.52. The van der Waals surface area contributed by atoms with Gasteiger partial charge in [0.15, 0.2) is 0 Å². The molecule has 1 rings (SSSR count). The van der Waals surface area contributed by atoms with Gasteiger partial charge in [0.05, 0.1) is 11.9 Å². The van der Waals surface area contributed by atoms with Gasteiger partial charge in [-0.25, -0.2) is 0 Å². The van der Waals surface area contributed by atoms with E-state index in [1.165, 1.54) is 6.20 Å². The molecule has 13 heavy (non-hydrogen) atoms. The van der Waals surface area contributed by atoms with Crippen LogP contribution in [0.1, 0.15) is 19.8 Å². The number of unbranched alkanes of at least 4 members (excludes halogenated alkanes) is 1. The summed E-state index contributed by atoms with van der Waals surface area (Å²) >= 11 is 0. The molecule has 1 aliphatic rings. The van der Waals surface area contributed by atoms with Crippen LogP contribution in [0.2, 0.25) is 0 Å². The molecule has 3 nitrogen and oxygen atoms in total. The van der Waals surface area contributed by atoms with Crippen molar-refractivity contribution >= 4 is 0 Å². The Morgan fingerprint density at radius 2 is 2.38 bits per heavy atom. The van der Waals surface area contributed by atoms with Gasteiger partial charge in [-0.15, -0.1) is 4.91 Å². The first kappa shape index (κ1) is 9.71. The number of allylic oxidation sites excluding steroid dienone is 3. The lowest BCUT2D eigenvalue weighted by Crippen LogP contribution is -2.18. The van der Waals surface area contributed by atoms with Gasteiger partial charge >= 0.3 is 0 Å². The molecular weight excluding hydrogens is 164 g/mol. The lowest BCUT2D eigenvalue weighted by atomic mass is 10.2. The van der Waals surface area contributed by atoms with Crippen molar-refractivity contribution in [2.24, 2.45) is 5.18 Å². The smallest absolute Gasteiger partial charge is 0.0951 e. The highest BCUT2D eigenvalue weighted by Crippen LogP contribution is 2.13. The molecule has 0 radical (unpaired) electrons. The van der Waals surface area contributed by atoms with E-state index in [0.29, 0.717) is 0 Å². The minimum atomic E-state index is 0.867. The Morgan fingerprint density at radius 3 is 3.08 bits per heavy atom. The predicted octanol–water partition coefficient (Wildman–Crippen LogP) is 2.78. The van der Waals surface area contributed by atoms with Crippen molar-refractivity contribution in [3.63, 3.8) is 0 Å². The van der Waals surface area contributed by atoms with Crippen molar-refractivity contribution < 1.29 is 0 Å². The van der Waals surface area contributed by atoms with Crippen molar-refractivity contribution in [2.45, 2.75) is 19.8 Å². The quantitative estimate of drug-likeness (QED) is 0.620. The molecule has 0 atom stereocenters. The summed E-state index contributed by atoms with van der Waals surface area (Å²) in [5, 5.41) is 2.78. The number of rotatable bonds is 4. The van der Waals surface area contributed by atoms with Crippen LogP contribution in [0.3, 0.4) is 0 Å². The van der Waals surface area contributed by atoms with Crippen LogP contribution in [0.25, 0.3) is 0 Å². The van der Waals surface area contributed by atoms with Crippen molar-refractivity contribution in [3.8, 4) is 0 Å². The van der Waals surface area contributed by atoms with Crippen molar-refractivity contribution in [1.29, 1.82) is 0 Å². The molecule has 0 N–H and O–H groups in total. The van der Waals surface area contributed by atoms with Crippen LogP contribution in [0.5, 0.6) is 0 Å². The highest BCUT2D eigenvalue weighted by molar-refractivity contribution is 5.27. The summed E-state index contributed by atoms with van der Waals surface area (Å²) in [5.41, 5.74) is 0.867. The zero-order valence-corrected chi connectivity index (χ0v) is 7.81. The molecule has 0 fully saturated rings. The number of nitrogens with zero attached hydrogens (tertiary/aromatic N) is 2. The summed E-state index contributed by atoms with van der Waals surface area (Å²) in [4.78, 5) is 12.1. The Hall–Kier alpha value is -1.38. The Labute approximate surface area is 78.4 Å². The van der Waals surface area contributed by atoms with Crippen LogP contribution in [0, 0.1) is 4.91 Å². The standard InChI is InChI=1S/C10H14N2O/c1-2-3-7-12-8-5-4-6-10(12)9-11-13/h4-6,8-9H,2-3,7H2,1H3/b10-9+. The molecule has 0 aliphatic carbocycles. The van der Waals surface area contributed by atoms with Gasteiger partial charge in [-0.3, -0.25) is 0 Å². The largest absolute Gasteiger partial charge is 0.347 e. The van der Waals surface area contributed by atoms with Gasteiger partial charge in [0.25, 0.3) is 0 Å². The lowest BCUT2D eigenvalue weighted by Gasteiger charge is -2.22. The van der Waals surface area contributed by atoms with E-state index in [9.17, 15) is 4.91 Å². The summed E-state index contributed by atoms with van der Waals surface area (Å²) in [6.45, 7) is 3.09. The molecule has 0 aromatic heterocycles. The second kappa shape index (κ2) is 5.30. The molecule has 0 aromatic carbocycles. The van der Waals surface area contributed by atoms with Gasteiger partial charge in [0, 0.05) is 12.7 Å². The topological polar surface area (TPSA) is 32.7 Å². The molecule has 0 bridgehead atoms. The van der Waals surface area contributed by atoms with Crippen molar-refractivity contribution in [2.75, 3.05) is 6.54 Å². The minimum Gasteiger partial charge on any atom is -0.347 e. The van der Waals surface area contributed by atoms with Crippen molar-refractivity contribution in [3.05, 3.63) is 41.2 Å². The highest BCUT2D eigenvalue weighted by atomic mass is 16.2. The molecule has 0 unspecified atom stereocenters. The third-order valence-corrected chi connectivity index (χ3v) is 1.91. The number of nitroso groups, excluding NO2 is 1. The summed E-state index contributed by atoms with van der Waals surface area (Å²) in [6, 6.07) is 0. The normalized spacial score (nSPS) is 18.2. The minimum absolute atomic E-state index is 0.867. The van der Waals surface area contributed by atoms with Gasteiger partial charge in [-0.1, -0.05) is 19.4 Å². The van der Waals surface area contributed by atoms with Crippen LogP contribution in [0.4, 0.5) is 0 Å². The van der Waals surface area contributed by atoms with Crippen molar-refractivity contribution in [1.82, 2.24) is 4.90 Å². The first-order valence-corrected chi connectivity index (χ1v) is 4.52. The molecular formula is C10H14N2O. The molecule has 0 saturated heterocycles. The summed E-state index contributed by atoms with van der Waals surface area (Å²) in [6.07, 6.45) is 11.3. The van der Waals surface area contributed by atoms with Crippen LogP contribution in [-0.2, 0) is 0 Å². The van der Waals surface area contributed by atoms with Crippen LogP contribution >= 0.6 is 0 Å². The van der Waals surface area contributed by atoms with E-state index in [-0.39, 0.29) is 0 Å². The second-order valence-electron chi connectivity index (χ2n) is 2.91.